The van der Waals surface area contributed by atoms with Gasteiger partial charge in [0.1, 0.15) is 24.4 Å². The Balaban J connectivity index is 1.66. The average molecular weight is 741 g/mol. The van der Waals surface area contributed by atoms with Crippen molar-refractivity contribution in [1.29, 1.82) is 0 Å². The molecule has 2 unspecified atom stereocenters. The molecule has 51 heavy (non-hydrogen) atoms. The van der Waals surface area contributed by atoms with Gasteiger partial charge in [0, 0.05) is 51.1 Å². The van der Waals surface area contributed by atoms with Gasteiger partial charge in [-0.3, -0.25) is 38.1 Å². The van der Waals surface area contributed by atoms with Gasteiger partial charge in [-0.05, 0) is 27.7 Å². The summed E-state index contributed by atoms with van der Waals surface area (Å²) in [5, 5.41) is 0. The SMILES string of the molecule is C#CCN(C[C@H]1O[C@@H](n2ccc(=O)[nH]c2=O)[C@H](OC)[C@@H]1OP(=O)([O-])OC(C)C)C(=O)CC1[C@@H](OC)[C@H](n2ccc(=O)[nH]c2=O)O[C@@H]1COC(C)C. The third-order valence-electron chi connectivity index (χ3n) is 8.21. The number of H-pyrrole nitrogens is 2. The van der Waals surface area contributed by atoms with E-state index in [-0.39, 0.29) is 32.2 Å². The second-order valence-electron chi connectivity index (χ2n) is 12.5. The fourth-order valence-corrected chi connectivity index (χ4v) is 7.17. The molecule has 20 heteroatoms. The minimum atomic E-state index is -5.01. The van der Waals surface area contributed by atoms with E-state index in [9.17, 15) is 33.4 Å². The van der Waals surface area contributed by atoms with Crippen molar-refractivity contribution in [1.82, 2.24) is 24.0 Å². The first-order valence-electron chi connectivity index (χ1n) is 16.1. The van der Waals surface area contributed by atoms with Gasteiger partial charge < -0.3 is 42.5 Å². The molecule has 2 saturated heterocycles. The van der Waals surface area contributed by atoms with Gasteiger partial charge in [-0.2, -0.15) is 0 Å². The molecule has 2 aromatic heterocycles. The maximum absolute atomic E-state index is 14.1. The Morgan fingerprint density at radius 2 is 1.49 bits per heavy atom. The van der Waals surface area contributed by atoms with Crippen LogP contribution >= 0.6 is 7.82 Å². The first-order valence-corrected chi connectivity index (χ1v) is 17.5. The Morgan fingerprint density at radius 3 is 1.98 bits per heavy atom. The van der Waals surface area contributed by atoms with Crippen LogP contribution in [-0.2, 0) is 42.1 Å². The van der Waals surface area contributed by atoms with Crippen LogP contribution in [-0.4, -0.2) is 107 Å². The van der Waals surface area contributed by atoms with E-state index in [0.29, 0.717) is 0 Å². The largest absolute Gasteiger partial charge is 0.756 e. The van der Waals surface area contributed by atoms with Crippen molar-refractivity contribution in [2.45, 2.75) is 89.3 Å². The van der Waals surface area contributed by atoms with Crippen molar-refractivity contribution < 1.29 is 47.0 Å². The van der Waals surface area contributed by atoms with Crippen LogP contribution in [0.2, 0.25) is 0 Å². The molecule has 4 rings (SSSR count). The number of aromatic amines is 2. The van der Waals surface area contributed by atoms with Crippen molar-refractivity contribution in [3.63, 3.8) is 0 Å². The highest BCUT2D eigenvalue weighted by Gasteiger charge is 2.51. The third-order valence-corrected chi connectivity index (χ3v) is 9.39. The van der Waals surface area contributed by atoms with Crippen LogP contribution < -0.4 is 27.4 Å². The number of phosphoric ester groups is 1. The number of nitrogens with one attached hydrogen (secondary N) is 2. The second kappa shape index (κ2) is 17.2. The molecule has 2 aromatic rings. The highest BCUT2D eigenvalue weighted by atomic mass is 31.2. The number of terminal acetylenes is 1. The Kier molecular flexibility index (Phi) is 13.5. The highest BCUT2D eigenvalue weighted by molar-refractivity contribution is 7.45. The topological polar surface area (TPSA) is 235 Å². The van der Waals surface area contributed by atoms with E-state index in [1.165, 1.54) is 39.2 Å². The standard InChI is InChI=1S/C31H44N5O14P/c1-8-11-34(24(39)14-19-21(16-46-17(2)3)48-28(25(19)44-6)35-12-9-22(37)32-30(35)40)15-20-26(50-51(42,43)49-18(4)5)27(45-7)29(47-20)36-13-10-23(38)33-31(36)41/h1,9-10,12-13,17-21,25-29H,11,14-16H2,2-7H3,(H,42,43)(H,32,37,40)(H,33,38,41)/p-1/t19?,20-,21-,25-,26-,27-,28-,29-/m1/s1. The second-order valence-corrected chi connectivity index (χ2v) is 13.8. The molecule has 0 spiro atoms. The smallest absolute Gasteiger partial charge is 0.330 e. The lowest BCUT2D eigenvalue weighted by atomic mass is 9.93. The Hall–Kier alpha value is -3.70. The first-order chi connectivity index (χ1) is 24.1. The van der Waals surface area contributed by atoms with Crippen molar-refractivity contribution >= 4 is 13.7 Å². The van der Waals surface area contributed by atoms with Crippen molar-refractivity contribution in [2.24, 2.45) is 5.92 Å². The van der Waals surface area contributed by atoms with Gasteiger partial charge in [0.2, 0.25) is 5.91 Å². The number of nitrogens with zero attached hydrogens (tertiary/aromatic N) is 3. The number of ether oxygens (including phenoxy) is 5. The van der Waals surface area contributed by atoms with Gasteiger partial charge in [0.05, 0.1) is 38.0 Å². The molecule has 19 nitrogen and oxygen atoms in total. The molecule has 2 aliphatic heterocycles. The lowest BCUT2D eigenvalue weighted by Crippen LogP contribution is -2.46. The number of hydrogen-bond acceptors (Lipinski definition) is 14. The average Bonchev–Trinajstić information content (AvgIpc) is 3.55. The predicted molar refractivity (Wildman–Crippen MR) is 175 cm³/mol. The molecule has 1 amide bonds. The molecular weight excluding hydrogens is 697 g/mol. The van der Waals surface area contributed by atoms with Gasteiger partial charge in [-0.15, -0.1) is 6.42 Å². The zero-order chi connectivity index (χ0) is 37.6. The molecule has 0 radical (unpaired) electrons. The zero-order valence-electron chi connectivity index (χ0n) is 29.0. The molecule has 0 saturated carbocycles. The summed E-state index contributed by atoms with van der Waals surface area (Å²) in [6.45, 7) is 6.03. The summed E-state index contributed by atoms with van der Waals surface area (Å²) in [4.78, 5) is 81.4. The van der Waals surface area contributed by atoms with E-state index in [1.807, 2.05) is 13.8 Å². The number of phosphoric acid groups is 1. The fourth-order valence-electron chi connectivity index (χ4n) is 6.05. The summed E-state index contributed by atoms with van der Waals surface area (Å²) >= 11 is 0. The summed E-state index contributed by atoms with van der Waals surface area (Å²) in [5.41, 5.74) is -2.90. The van der Waals surface area contributed by atoms with Crippen molar-refractivity contribution in [3.8, 4) is 12.3 Å². The molecule has 0 bridgehead atoms. The summed E-state index contributed by atoms with van der Waals surface area (Å²) in [5.74, 6) is 1.18. The predicted octanol–water partition coefficient (Wildman–Crippen LogP) is -0.917. The summed E-state index contributed by atoms with van der Waals surface area (Å²) < 4.78 is 55.0. The molecule has 2 fully saturated rings. The van der Waals surface area contributed by atoms with Crippen molar-refractivity contribution in [2.75, 3.05) is 33.9 Å². The molecule has 2 N–H and O–H groups in total. The quantitative estimate of drug-likeness (QED) is 0.157. The molecular formula is C31H43N5O14P-. The van der Waals surface area contributed by atoms with Gasteiger partial charge in [0.15, 0.2) is 12.5 Å². The lowest BCUT2D eigenvalue weighted by molar-refractivity contribution is -0.236. The molecule has 0 aromatic carbocycles. The summed E-state index contributed by atoms with van der Waals surface area (Å²) in [6, 6.07) is 2.22. The van der Waals surface area contributed by atoms with Crippen LogP contribution in [0.15, 0.2) is 43.7 Å². The minimum Gasteiger partial charge on any atom is -0.756 e. The molecule has 4 heterocycles. The monoisotopic (exact) mass is 740 g/mol. The van der Waals surface area contributed by atoms with Crippen LogP contribution in [0.25, 0.3) is 0 Å². The van der Waals surface area contributed by atoms with E-state index >= 15 is 0 Å². The molecule has 282 valence electrons. The number of amides is 1. The van der Waals surface area contributed by atoms with Crippen LogP contribution in [0.4, 0.5) is 0 Å². The molecule has 0 aliphatic carbocycles. The van der Waals surface area contributed by atoms with Crippen LogP contribution in [0.3, 0.4) is 0 Å². The van der Waals surface area contributed by atoms with Gasteiger partial charge in [-0.25, -0.2) is 9.59 Å². The maximum Gasteiger partial charge on any atom is 0.330 e. The maximum atomic E-state index is 14.1. The van der Waals surface area contributed by atoms with E-state index in [0.717, 1.165) is 27.5 Å². The fraction of sp³-hybridized carbons (Fsp3) is 0.645. The lowest BCUT2D eigenvalue weighted by Gasteiger charge is -2.33. The van der Waals surface area contributed by atoms with Crippen LogP contribution in [0, 0.1) is 18.3 Å². The van der Waals surface area contributed by atoms with E-state index in [1.54, 1.807) is 0 Å². The molecule has 2 aliphatic rings. The summed E-state index contributed by atoms with van der Waals surface area (Å²) in [6.07, 6.45) is -1.12. The third kappa shape index (κ3) is 9.80. The van der Waals surface area contributed by atoms with Crippen molar-refractivity contribution in [3.05, 3.63) is 66.2 Å². The van der Waals surface area contributed by atoms with Crippen LogP contribution in [0.1, 0.15) is 46.6 Å². The van der Waals surface area contributed by atoms with Gasteiger partial charge in [0.25, 0.3) is 18.9 Å². The number of methoxy groups -OCH3 is 2. The summed E-state index contributed by atoms with van der Waals surface area (Å²) in [7, 11) is -2.37. The number of carbonyl (C=O) groups is 1. The van der Waals surface area contributed by atoms with Gasteiger partial charge in [-0.1, -0.05) is 5.92 Å². The Labute approximate surface area is 292 Å². The number of carbonyl (C=O) groups excluding carboxylic acids is 1. The number of aromatic nitrogens is 4. The normalized spacial score (nSPS) is 27.5. The van der Waals surface area contributed by atoms with E-state index < -0.39 is 91.2 Å². The van der Waals surface area contributed by atoms with Crippen LogP contribution in [0.5, 0.6) is 0 Å². The Bertz CT molecular complexity index is 1830. The Morgan fingerprint density at radius 1 is 0.941 bits per heavy atom. The van der Waals surface area contributed by atoms with Gasteiger partial charge >= 0.3 is 11.4 Å². The molecule has 9 atom stereocenters. The first kappa shape index (κ1) is 40.1. The zero-order valence-corrected chi connectivity index (χ0v) is 29.9. The van der Waals surface area contributed by atoms with E-state index in [2.05, 4.69) is 15.9 Å². The highest BCUT2D eigenvalue weighted by Crippen LogP contribution is 2.46. The van der Waals surface area contributed by atoms with E-state index in [4.69, 9.17) is 39.2 Å². The minimum absolute atomic E-state index is 0.0284. The number of rotatable bonds is 16. The number of hydrogen-bond donors (Lipinski definition) is 2.